The van der Waals surface area contributed by atoms with E-state index in [1.165, 1.54) is 18.2 Å². The van der Waals surface area contributed by atoms with Crippen molar-refractivity contribution in [2.24, 2.45) is 0 Å². The van der Waals surface area contributed by atoms with Gasteiger partial charge in [0.25, 0.3) is 0 Å². The van der Waals surface area contributed by atoms with Gasteiger partial charge in [-0.05, 0) is 12.1 Å². The van der Waals surface area contributed by atoms with Crippen molar-refractivity contribution in [2.75, 3.05) is 13.2 Å². The first-order chi connectivity index (χ1) is 9.11. The summed E-state index contributed by atoms with van der Waals surface area (Å²) in [5, 5.41) is 4.50. The maximum Gasteiger partial charge on any atom is 0.321 e. The fourth-order valence-electron chi connectivity index (χ4n) is 1.65. The topological polar surface area (TPSA) is 49.2 Å². The highest BCUT2D eigenvalue weighted by molar-refractivity contribution is 14.1. The van der Waals surface area contributed by atoms with Crippen molar-refractivity contribution in [2.45, 2.75) is 6.04 Å². The van der Waals surface area contributed by atoms with E-state index in [2.05, 4.69) is 10.1 Å². The minimum atomic E-state index is -0.463. The zero-order chi connectivity index (χ0) is 13.4. The van der Waals surface area contributed by atoms with E-state index < -0.39 is 5.82 Å². The van der Waals surface area contributed by atoms with Gasteiger partial charge in [-0.1, -0.05) is 11.6 Å². The first-order valence-electron chi connectivity index (χ1n) is 5.45. The molecule has 0 saturated carbocycles. The van der Waals surface area contributed by atoms with Gasteiger partial charge in [0.2, 0.25) is 3.83 Å². The number of nitrogens with zero attached hydrogens (tertiary/aromatic N) is 3. The first-order valence-corrected chi connectivity index (χ1v) is 6.91. The Kier molecular flexibility index (Phi) is 3.59. The normalized spacial score (nSPS) is 15.3. The van der Waals surface area contributed by atoms with Crippen molar-refractivity contribution in [3.05, 3.63) is 32.9 Å². The molecule has 0 aliphatic carbocycles. The highest BCUT2D eigenvalue weighted by atomic mass is 127. The highest BCUT2D eigenvalue weighted by Crippen LogP contribution is 2.28. The van der Waals surface area contributed by atoms with Gasteiger partial charge >= 0.3 is 6.01 Å². The molecule has 8 heteroatoms. The fourth-order valence-corrected chi connectivity index (χ4v) is 2.30. The zero-order valence-corrected chi connectivity index (χ0v) is 12.4. The quantitative estimate of drug-likeness (QED) is 0.750. The molecule has 1 aromatic carbocycles. The van der Waals surface area contributed by atoms with E-state index in [0.717, 1.165) is 0 Å². The summed E-state index contributed by atoms with van der Waals surface area (Å²) in [6.07, 6.45) is 0. The second-order valence-corrected chi connectivity index (χ2v) is 5.41. The number of ether oxygens (including phenoxy) is 2. The molecule has 0 atom stereocenters. The SMILES string of the molecule is Fc1cc(Cl)cc(Oc2nc(I)nn2C2COC2)c1. The molecule has 1 aromatic heterocycles. The van der Waals surface area contributed by atoms with Crippen LogP contribution >= 0.6 is 34.2 Å². The minimum Gasteiger partial charge on any atom is -0.424 e. The van der Waals surface area contributed by atoms with E-state index in [-0.39, 0.29) is 16.8 Å². The molecule has 0 bridgehead atoms. The zero-order valence-electron chi connectivity index (χ0n) is 9.52. The number of hydrogen-bond donors (Lipinski definition) is 0. The second-order valence-electron chi connectivity index (χ2n) is 4.01. The molecular weight excluding hydrogens is 387 g/mol. The molecule has 1 saturated heterocycles. The summed E-state index contributed by atoms with van der Waals surface area (Å²) in [5.74, 6) is -0.175. The Hall–Kier alpha value is -0.930. The van der Waals surface area contributed by atoms with Gasteiger partial charge in [0.15, 0.2) is 0 Å². The molecule has 5 nitrogen and oxygen atoms in total. The van der Waals surface area contributed by atoms with E-state index >= 15 is 0 Å². The molecule has 100 valence electrons. The molecule has 2 aromatic rings. The number of aromatic nitrogens is 3. The second kappa shape index (κ2) is 5.22. The standard InChI is InChI=1S/C11H8ClFIN3O2/c12-6-1-7(13)3-9(2-6)19-11-15-10(14)16-17(11)8-4-18-5-8/h1-3,8H,4-5H2. The lowest BCUT2D eigenvalue weighted by Gasteiger charge is -2.26. The van der Waals surface area contributed by atoms with Crippen molar-refractivity contribution in [1.82, 2.24) is 14.8 Å². The third-order valence-corrected chi connectivity index (χ3v) is 3.26. The van der Waals surface area contributed by atoms with Crippen LogP contribution in [0.3, 0.4) is 0 Å². The Morgan fingerprint density at radius 1 is 1.42 bits per heavy atom. The molecule has 19 heavy (non-hydrogen) atoms. The fraction of sp³-hybridized carbons (Fsp3) is 0.273. The summed E-state index contributed by atoms with van der Waals surface area (Å²) >= 11 is 7.77. The minimum absolute atomic E-state index is 0.107. The van der Waals surface area contributed by atoms with Crippen molar-refractivity contribution in [3.63, 3.8) is 0 Å². The summed E-state index contributed by atoms with van der Waals surface area (Å²) in [7, 11) is 0. The highest BCUT2D eigenvalue weighted by Gasteiger charge is 2.26. The largest absolute Gasteiger partial charge is 0.424 e. The summed E-state index contributed by atoms with van der Waals surface area (Å²) in [6.45, 7) is 1.14. The van der Waals surface area contributed by atoms with Crippen LogP contribution in [0.1, 0.15) is 6.04 Å². The molecule has 0 radical (unpaired) electrons. The molecule has 3 rings (SSSR count). The third-order valence-electron chi connectivity index (χ3n) is 2.59. The van der Waals surface area contributed by atoms with Crippen LogP contribution in [-0.2, 0) is 4.74 Å². The van der Waals surface area contributed by atoms with Gasteiger partial charge in [-0.3, -0.25) is 0 Å². The summed E-state index contributed by atoms with van der Waals surface area (Å²) in [5.41, 5.74) is 0. The lowest BCUT2D eigenvalue weighted by atomic mass is 10.3. The Balaban J connectivity index is 1.89. The average molecular weight is 396 g/mol. The van der Waals surface area contributed by atoms with Gasteiger partial charge in [0.05, 0.1) is 13.2 Å². The van der Waals surface area contributed by atoms with E-state index in [0.29, 0.717) is 23.1 Å². The number of rotatable bonds is 3. The lowest BCUT2D eigenvalue weighted by molar-refractivity contribution is -0.0314. The molecule has 0 spiro atoms. The number of hydrogen-bond acceptors (Lipinski definition) is 4. The summed E-state index contributed by atoms with van der Waals surface area (Å²) < 4.78 is 26.1. The Morgan fingerprint density at radius 3 is 2.84 bits per heavy atom. The van der Waals surface area contributed by atoms with E-state index in [9.17, 15) is 4.39 Å². The number of benzene rings is 1. The molecule has 1 fully saturated rings. The van der Waals surface area contributed by atoms with Gasteiger partial charge in [-0.25, -0.2) is 9.07 Å². The van der Waals surface area contributed by atoms with Crippen LogP contribution in [0.5, 0.6) is 11.8 Å². The lowest BCUT2D eigenvalue weighted by Crippen LogP contribution is -2.31. The summed E-state index contributed by atoms with van der Waals surface area (Å²) in [6, 6.07) is 4.39. The van der Waals surface area contributed by atoms with Gasteiger partial charge in [0, 0.05) is 33.7 Å². The van der Waals surface area contributed by atoms with Crippen LogP contribution in [0.25, 0.3) is 0 Å². The predicted molar refractivity (Wildman–Crippen MR) is 74.1 cm³/mol. The van der Waals surface area contributed by atoms with Gasteiger partial charge in [-0.2, -0.15) is 4.98 Å². The molecule has 2 heterocycles. The Morgan fingerprint density at radius 2 is 2.21 bits per heavy atom. The molecule has 1 aliphatic rings. The Labute approximate surface area is 126 Å². The number of halogens is 3. The Bertz CT molecular complexity index is 598. The van der Waals surface area contributed by atoms with Crippen LogP contribution in [0.2, 0.25) is 5.02 Å². The van der Waals surface area contributed by atoms with E-state index in [1.54, 1.807) is 4.68 Å². The van der Waals surface area contributed by atoms with Crippen molar-refractivity contribution in [3.8, 4) is 11.8 Å². The van der Waals surface area contributed by atoms with E-state index in [1.807, 2.05) is 22.6 Å². The van der Waals surface area contributed by atoms with Gasteiger partial charge in [0.1, 0.15) is 17.6 Å². The van der Waals surface area contributed by atoms with Gasteiger partial charge in [-0.15, -0.1) is 5.10 Å². The van der Waals surface area contributed by atoms with E-state index in [4.69, 9.17) is 21.1 Å². The maximum atomic E-state index is 13.2. The van der Waals surface area contributed by atoms with Gasteiger partial charge < -0.3 is 9.47 Å². The molecule has 0 N–H and O–H groups in total. The van der Waals surface area contributed by atoms with Crippen molar-refractivity contribution >= 4 is 34.2 Å². The van der Waals surface area contributed by atoms with Crippen LogP contribution < -0.4 is 4.74 Å². The molecule has 1 aliphatic heterocycles. The molecule has 0 amide bonds. The monoisotopic (exact) mass is 395 g/mol. The predicted octanol–water partition coefficient (Wildman–Crippen LogP) is 3.04. The summed E-state index contributed by atoms with van der Waals surface area (Å²) in [4.78, 5) is 4.16. The average Bonchev–Trinajstić information content (AvgIpc) is 2.55. The smallest absolute Gasteiger partial charge is 0.321 e. The molecular formula is C11H8ClFIN3O2. The van der Waals surface area contributed by atoms with Crippen LogP contribution in [0, 0.1) is 9.65 Å². The van der Waals surface area contributed by atoms with Crippen LogP contribution in [0.15, 0.2) is 18.2 Å². The first kappa shape index (κ1) is 13.1. The maximum absolute atomic E-state index is 13.2. The van der Waals surface area contributed by atoms with Crippen molar-refractivity contribution < 1.29 is 13.9 Å². The third kappa shape index (κ3) is 2.82. The van der Waals surface area contributed by atoms with Crippen molar-refractivity contribution in [1.29, 1.82) is 0 Å². The van der Waals surface area contributed by atoms with Crippen LogP contribution in [-0.4, -0.2) is 28.0 Å². The van der Waals surface area contributed by atoms with Crippen LogP contribution in [0.4, 0.5) is 4.39 Å². The molecule has 0 unspecified atom stereocenters.